The van der Waals surface area contributed by atoms with Crippen molar-refractivity contribution >= 4 is 21.9 Å². The smallest absolute Gasteiger partial charge is 0.328 e. The van der Waals surface area contributed by atoms with E-state index in [9.17, 15) is 18.0 Å². The minimum Gasteiger partial charge on any atom is -0.480 e. The van der Waals surface area contributed by atoms with E-state index in [0.717, 1.165) is 0 Å². The van der Waals surface area contributed by atoms with Crippen molar-refractivity contribution in [2.45, 2.75) is 17.5 Å². The summed E-state index contributed by atoms with van der Waals surface area (Å²) in [6.45, 7) is -0.195. The van der Waals surface area contributed by atoms with Crippen molar-refractivity contribution in [1.82, 2.24) is 10.0 Å². The van der Waals surface area contributed by atoms with Gasteiger partial charge in [0, 0.05) is 12.7 Å². The number of carboxylic acid groups (broad SMARTS) is 1. The number of hydrogen-bond acceptors (Lipinski definition) is 6. The molecule has 0 saturated heterocycles. The minimum atomic E-state index is -3.78. The zero-order chi connectivity index (χ0) is 19.2. The minimum absolute atomic E-state index is 0.00508. The molecule has 1 amide bonds. The molecule has 1 atom stereocenters. The molecule has 0 aliphatic carbocycles. The lowest BCUT2D eigenvalue weighted by molar-refractivity contribution is -0.140. The van der Waals surface area contributed by atoms with Gasteiger partial charge in [-0.1, -0.05) is 0 Å². The maximum atomic E-state index is 12.2. The van der Waals surface area contributed by atoms with Crippen molar-refractivity contribution in [3.63, 3.8) is 0 Å². The molecule has 1 unspecified atom stereocenters. The number of amides is 1. The fourth-order valence-corrected chi connectivity index (χ4v) is 3.02. The fraction of sp³-hybridized carbons (Fsp3) is 0.250. The third-order valence-corrected chi connectivity index (χ3v) is 4.80. The van der Waals surface area contributed by atoms with Gasteiger partial charge in [-0.2, -0.15) is 0 Å². The topological polar surface area (TPSA) is 135 Å². The molecule has 1 aromatic heterocycles. The second kappa shape index (κ2) is 8.61. The van der Waals surface area contributed by atoms with Crippen LogP contribution in [0.2, 0.25) is 0 Å². The number of benzene rings is 1. The Morgan fingerprint density at radius 3 is 2.46 bits per heavy atom. The van der Waals surface area contributed by atoms with Gasteiger partial charge in [-0.3, -0.25) is 4.79 Å². The van der Waals surface area contributed by atoms with Crippen LogP contribution in [0.3, 0.4) is 0 Å². The average Bonchev–Trinajstić information content (AvgIpc) is 3.13. The van der Waals surface area contributed by atoms with Crippen LogP contribution in [0.4, 0.5) is 0 Å². The Morgan fingerprint density at radius 1 is 1.23 bits per heavy atom. The third-order valence-electron chi connectivity index (χ3n) is 3.38. The molecule has 2 rings (SSSR count). The fourth-order valence-electron chi connectivity index (χ4n) is 2.03. The molecule has 26 heavy (non-hydrogen) atoms. The standard InChI is InChI=1S/C16H18N2O7S/c1-24-10-14(16(20)21)18-15(19)11-4-6-13(7-5-11)26(22,23)17-9-12-3-2-8-25-12/h2-8,14,17H,9-10H2,1H3,(H,18,19)(H,20,21). The van der Waals surface area contributed by atoms with Crippen molar-refractivity contribution < 1.29 is 32.3 Å². The quantitative estimate of drug-likeness (QED) is 0.577. The first-order valence-corrected chi connectivity index (χ1v) is 8.96. The van der Waals surface area contributed by atoms with Gasteiger partial charge in [0.15, 0.2) is 6.04 Å². The molecule has 3 N–H and O–H groups in total. The SMILES string of the molecule is COCC(NC(=O)c1ccc(S(=O)(=O)NCc2ccco2)cc1)C(=O)O. The van der Waals surface area contributed by atoms with E-state index < -0.39 is 27.9 Å². The molecule has 9 nitrogen and oxygen atoms in total. The first kappa shape index (κ1) is 19.6. The van der Waals surface area contributed by atoms with Crippen LogP contribution in [0.15, 0.2) is 52.0 Å². The molecular formula is C16H18N2O7S. The maximum absolute atomic E-state index is 12.2. The van der Waals surface area contributed by atoms with Gasteiger partial charge in [-0.15, -0.1) is 0 Å². The van der Waals surface area contributed by atoms with Gasteiger partial charge < -0.3 is 19.6 Å². The summed E-state index contributed by atoms with van der Waals surface area (Å²) in [6, 6.07) is 7.17. The van der Waals surface area contributed by atoms with Crippen molar-refractivity contribution in [1.29, 1.82) is 0 Å². The molecule has 0 aliphatic heterocycles. The number of ether oxygens (including phenoxy) is 1. The maximum Gasteiger partial charge on any atom is 0.328 e. The second-order valence-electron chi connectivity index (χ2n) is 5.25. The summed E-state index contributed by atoms with van der Waals surface area (Å²) in [7, 11) is -2.46. The number of aliphatic carboxylic acids is 1. The lowest BCUT2D eigenvalue weighted by Crippen LogP contribution is -2.43. The Bertz CT molecular complexity index is 845. The third kappa shape index (κ3) is 5.15. The van der Waals surface area contributed by atoms with E-state index >= 15 is 0 Å². The van der Waals surface area contributed by atoms with E-state index in [1.54, 1.807) is 12.1 Å². The number of rotatable bonds is 9. The number of carbonyl (C=O) groups excluding carboxylic acids is 1. The van der Waals surface area contributed by atoms with E-state index in [0.29, 0.717) is 5.76 Å². The molecule has 140 valence electrons. The number of hydrogen-bond donors (Lipinski definition) is 3. The van der Waals surface area contributed by atoms with Crippen molar-refractivity contribution in [3.05, 3.63) is 54.0 Å². The first-order chi connectivity index (χ1) is 12.3. The van der Waals surface area contributed by atoms with Crippen LogP contribution in [0, 0.1) is 0 Å². The summed E-state index contributed by atoms with van der Waals surface area (Å²) in [5.74, 6) is -1.43. The molecule has 1 aromatic carbocycles. The van der Waals surface area contributed by atoms with Crippen LogP contribution in [0.25, 0.3) is 0 Å². The van der Waals surface area contributed by atoms with E-state index in [2.05, 4.69) is 10.0 Å². The van der Waals surface area contributed by atoms with E-state index in [1.165, 1.54) is 37.6 Å². The summed E-state index contributed by atoms with van der Waals surface area (Å²) in [4.78, 5) is 23.1. The molecule has 10 heteroatoms. The normalized spacial score (nSPS) is 12.5. The number of furan rings is 1. The average molecular weight is 382 g/mol. The van der Waals surface area contributed by atoms with Gasteiger partial charge in [-0.25, -0.2) is 17.9 Å². The van der Waals surface area contributed by atoms with E-state index in [1.807, 2.05) is 0 Å². The molecule has 0 saturated carbocycles. The highest BCUT2D eigenvalue weighted by Gasteiger charge is 2.21. The zero-order valence-electron chi connectivity index (χ0n) is 13.8. The highest BCUT2D eigenvalue weighted by Crippen LogP contribution is 2.12. The van der Waals surface area contributed by atoms with Gasteiger partial charge in [0.25, 0.3) is 5.91 Å². The lowest BCUT2D eigenvalue weighted by Gasteiger charge is -2.13. The summed E-state index contributed by atoms with van der Waals surface area (Å²) >= 11 is 0. The molecule has 0 radical (unpaired) electrons. The number of methoxy groups -OCH3 is 1. The Kier molecular flexibility index (Phi) is 6.50. The predicted molar refractivity (Wildman–Crippen MR) is 89.9 cm³/mol. The van der Waals surface area contributed by atoms with E-state index in [4.69, 9.17) is 14.3 Å². The molecule has 0 spiro atoms. The van der Waals surface area contributed by atoms with E-state index in [-0.39, 0.29) is 23.6 Å². The molecule has 1 heterocycles. The molecular weight excluding hydrogens is 364 g/mol. The number of carbonyl (C=O) groups is 2. The Balaban J connectivity index is 2.04. The monoisotopic (exact) mass is 382 g/mol. The summed E-state index contributed by atoms with van der Waals surface area (Å²) in [6.07, 6.45) is 1.44. The van der Waals surface area contributed by atoms with Crippen LogP contribution >= 0.6 is 0 Å². The highest BCUT2D eigenvalue weighted by molar-refractivity contribution is 7.89. The Hall–Kier alpha value is -2.69. The van der Waals surface area contributed by atoms with Gasteiger partial charge in [0.05, 0.1) is 24.3 Å². The second-order valence-corrected chi connectivity index (χ2v) is 7.01. The van der Waals surface area contributed by atoms with Crippen LogP contribution in [-0.2, 0) is 26.1 Å². The van der Waals surface area contributed by atoms with Crippen molar-refractivity contribution in [2.24, 2.45) is 0 Å². The number of nitrogens with one attached hydrogen (secondary N) is 2. The lowest BCUT2D eigenvalue weighted by atomic mass is 10.2. The molecule has 2 aromatic rings. The van der Waals surface area contributed by atoms with Crippen molar-refractivity contribution in [3.8, 4) is 0 Å². The van der Waals surface area contributed by atoms with Crippen LogP contribution < -0.4 is 10.0 Å². The van der Waals surface area contributed by atoms with Gasteiger partial charge in [0.1, 0.15) is 5.76 Å². The van der Waals surface area contributed by atoms with Crippen LogP contribution in [-0.4, -0.2) is 45.2 Å². The predicted octanol–water partition coefficient (Wildman–Crippen LogP) is 0.588. The van der Waals surface area contributed by atoms with Crippen LogP contribution in [0.5, 0.6) is 0 Å². The van der Waals surface area contributed by atoms with Crippen LogP contribution in [0.1, 0.15) is 16.1 Å². The van der Waals surface area contributed by atoms with Crippen molar-refractivity contribution in [2.75, 3.05) is 13.7 Å². The Labute approximate surface area is 150 Å². The zero-order valence-corrected chi connectivity index (χ0v) is 14.7. The number of carboxylic acids is 1. The summed E-state index contributed by atoms with van der Waals surface area (Å²) in [5, 5.41) is 11.3. The molecule has 0 fully saturated rings. The molecule has 0 bridgehead atoms. The highest BCUT2D eigenvalue weighted by atomic mass is 32.2. The summed E-state index contributed by atoms with van der Waals surface area (Å²) < 4.78 is 36.6. The van der Waals surface area contributed by atoms with Gasteiger partial charge in [-0.05, 0) is 36.4 Å². The summed E-state index contributed by atoms with van der Waals surface area (Å²) in [5.41, 5.74) is 0.123. The largest absolute Gasteiger partial charge is 0.480 e. The first-order valence-electron chi connectivity index (χ1n) is 7.48. The van der Waals surface area contributed by atoms with Gasteiger partial charge in [0.2, 0.25) is 10.0 Å². The van der Waals surface area contributed by atoms with Gasteiger partial charge >= 0.3 is 5.97 Å². The number of sulfonamides is 1. The molecule has 0 aliphatic rings. The Morgan fingerprint density at radius 2 is 1.92 bits per heavy atom.